The predicted octanol–water partition coefficient (Wildman–Crippen LogP) is 3.87. The van der Waals surface area contributed by atoms with Gasteiger partial charge in [0.05, 0.1) is 5.52 Å². The number of fused-ring (bicyclic) bond motifs is 3. The van der Waals surface area contributed by atoms with E-state index < -0.39 is 0 Å². The average Bonchev–Trinajstić information content (AvgIpc) is 3.54. The number of hydrogen-bond donors (Lipinski definition) is 1. The Labute approximate surface area is 220 Å². The highest BCUT2D eigenvalue weighted by atomic mass is 32.1. The van der Waals surface area contributed by atoms with E-state index in [1.807, 2.05) is 28.0 Å². The summed E-state index contributed by atoms with van der Waals surface area (Å²) < 4.78 is 4.41. The van der Waals surface area contributed by atoms with Crippen LogP contribution in [-0.2, 0) is 17.8 Å². The Kier molecular flexibility index (Phi) is 7.57. The van der Waals surface area contributed by atoms with Crippen LogP contribution in [0.2, 0.25) is 0 Å². The Hall–Kier alpha value is -3.24. The number of anilines is 2. The van der Waals surface area contributed by atoms with Gasteiger partial charge in [0.15, 0.2) is 0 Å². The van der Waals surface area contributed by atoms with Gasteiger partial charge in [0.1, 0.15) is 10.5 Å². The number of amides is 1. The number of piperazine rings is 1. The number of rotatable bonds is 9. The van der Waals surface area contributed by atoms with Crippen LogP contribution in [0.4, 0.5) is 11.4 Å². The van der Waals surface area contributed by atoms with Crippen LogP contribution in [0.15, 0.2) is 40.5 Å². The number of nitrogens with zero attached hydrogens (tertiary/aromatic N) is 6. The van der Waals surface area contributed by atoms with Crippen molar-refractivity contribution in [3.05, 3.63) is 51.9 Å². The van der Waals surface area contributed by atoms with E-state index in [1.165, 1.54) is 17.0 Å². The minimum absolute atomic E-state index is 0.0150. The molecule has 1 saturated heterocycles. The molecule has 1 aliphatic heterocycles. The molecule has 5 rings (SSSR count). The number of aromatic nitrogens is 4. The zero-order chi connectivity index (χ0) is 25.9. The van der Waals surface area contributed by atoms with Gasteiger partial charge in [-0.1, -0.05) is 20.8 Å². The third-order valence-corrected chi connectivity index (χ3v) is 7.86. The first kappa shape index (κ1) is 25.4. The van der Waals surface area contributed by atoms with E-state index in [1.54, 1.807) is 4.57 Å². The van der Waals surface area contributed by atoms with Crippen LogP contribution in [-0.4, -0.2) is 62.7 Å². The van der Waals surface area contributed by atoms with Crippen LogP contribution in [0.3, 0.4) is 0 Å². The molecule has 0 unspecified atom stereocenters. The lowest BCUT2D eigenvalue weighted by Crippen LogP contribution is -2.46. The van der Waals surface area contributed by atoms with Crippen molar-refractivity contribution in [1.82, 2.24) is 24.1 Å². The molecule has 4 heterocycles. The quantitative estimate of drug-likeness (QED) is 0.360. The third-order valence-electron chi connectivity index (χ3n) is 6.97. The molecule has 1 fully saturated rings. The number of aryl methyl sites for hydroxylation is 1. The number of carbonyl (C=O) groups is 1. The fourth-order valence-electron chi connectivity index (χ4n) is 4.98. The lowest BCUT2D eigenvalue weighted by molar-refractivity contribution is -0.116. The second-order valence-electron chi connectivity index (χ2n) is 10.1. The summed E-state index contributed by atoms with van der Waals surface area (Å²) >= 11 is 1.44. The Morgan fingerprint density at radius 3 is 2.54 bits per heavy atom. The maximum atomic E-state index is 13.0. The molecule has 37 heavy (non-hydrogen) atoms. The molecule has 3 aromatic heterocycles. The van der Waals surface area contributed by atoms with Gasteiger partial charge in [-0.25, -0.2) is 0 Å². The maximum Gasteiger partial charge on any atom is 0.272 e. The highest BCUT2D eigenvalue weighted by Gasteiger charge is 2.19. The van der Waals surface area contributed by atoms with E-state index in [4.69, 9.17) is 0 Å². The van der Waals surface area contributed by atoms with Crippen LogP contribution >= 0.6 is 11.3 Å². The van der Waals surface area contributed by atoms with Crippen LogP contribution in [0, 0.1) is 5.92 Å². The average molecular weight is 522 g/mol. The summed E-state index contributed by atoms with van der Waals surface area (Å²) in [7, 11) is 0. The number of likely N-dealkylation sites (N-methyl/N-ethyl adjacent to an activating group) is 1. The highest BCUT2D eigenvalue weighted by Crippen LogP contribution is 2.22. The van der Waals surface area contributed by atoms with Crippen molar-refractivity contribution < 1.29 is 4.79 Å². The summed E-state index contributed by atoms with van der Waals surface area (Å²) in [6, 6.07) is 10.1. The molecule has 1 N–H and O–H groups in total. The summed E-state index contributed by atoms with van der Waals surface area (Å²) in [5.74, 6) is 1.63. The van der Waals surface area contributed by atoms with Gasteiger partial charge in [0.25, 0.3) is 5.56 Å². The maximum absolute atomic E-state index is 13.0. The summed E-state index contributed by atoms with van der Waals surface area (Å²) in [6.45, 7) is 12.3. The summed E-state index contributed by atoms with van der Waals surface area (Å²) in [5, 5.41) is 13.7. The van der Waals surface area contributed by atoms with Crippen LogP contribution in [0.25, 0.3) is 16.0 Å². The van der Waals surface area contributed by atoms with Crippen LogP contribution in [0.1, 0.15) is 39.4 Å². The normalized spacial score (nSPS) is 14.8. The largest absolute Gasteiger partial charge is 0.369 e. The van der Waals surface area contributed by atoms with Gasteiger partial charge in [-0.2, -0.15) is 0 Å². The van der Waals surface area contributed by atoms with Crippen molar-refractivity contribution >= 4 is 44.6 Å². The molecule has 9 nitrogen and oxygen atoms in total. The van der Waals surface area contributed by atoms with Crippen molar-refractivity contribution in [2.24, 2.45) is 5.92 Å². The zero-order valence-electron chi connectivity index (χ0n) is 21.8. The molecule has 1 aliphatic rings. The molecule has 196 valence electrons. The van der Waals surface area contributed by atoms with E-state index in [9.17, 15) is 9.59 Å². The monoisotopic (exact) mass is 521 g/mol. The van der Waals surface area contributed by atoms with Crippen molar-refractivity contribution in [2.75, 3.05) is 42.9 Å². The Morgan fingerprint density at radius 1 is 1.08 bits per heavy atom. The number of benzene rings is 1. The minimum atomic E-state index is -0.0180. The fraction of sp³-hybridized carbons (Fsp3) is 0.481. The highest BCUT2D eigenvalue weighted by molar-refractivity contribution is 7.17. The molecule has 0 bridgehead atoms. The van der Waals surface area contributed by atoms with Gasteiger partial charge < -0.3 is 15.1 Å². The van der Waals surface area contributed by atoms with Gasteiger partial charge in [-0.05, 0) is 54.6 Å². The standard InChI is InChI=1S/C27H35N7O2S/c1-4-31-13-15-32(16-14-31)21-10-8-20(9-11-21)28-24(35)7-5-6-23-29-30-27-33(18-19(2)3)26(36)25-22(34(23)27)12-17-37-25/h8-12,17,19H,4-7,13-16,18H2,1-3H3,(H,28,35). The molecule has 10 heteroatoms. The molecule has 1 amide bonds. The van der Waals surface area contributed by atoms with Crippen LogP contribution < -0.4 is 15.8 Å². The Morgan fingerprint density at radius 2 is 1.84 bits per heavy atom. The molecular weight excluding hydrogens is 486 g/mol. The number of thiophene rings is 1. The number of nitrogens with one attached hydrogen (secondary N) is 1. The smallest absolute Gasteiger partial charge is 0.272 e. The number of carbonyl (C=O) groups excluding carboxylic acids is 1. The van der Waals surface area contributed by atoms with Gasteiger partial charge in [-0.3, -0.25) is 18.6 Å². The first-order valence-electron chi connectivity index (χ1n) is 13.2. The second-order valence-corrected chi connectivity index (χ2v) is 11.0. The Balaban J connectivity index is 1.21. The first-order chi connectivity index (χ1) is 17.9. The van der Waals surface area contributed by atoms with Gasteiger partial charge >= 0.3 is 0 Å². The molecule has 4 aromatic rings. The van der Waals surface area contributed by atoms with Gasteiger partial charge in [0, 0.05) is 56.9 Å². The van der Waals surface area contributed by atoms with Crippen molar-refractivity contribution in [3.8, 4) is 0 Å². The lowest BCUT2D eigenvalue weighted by atomic mass is 10.2. The molecular formula is C27H35N7O2S. The van der Waals surface area contributed by atoms with E-state index in [0.29, 0.717) is 42.2 Å². The minimum Gasteiger partial charge on any atom is -0.369 e. The van der Waals surface area contributed by atoms with Crippen molar-refractivity contribution in [3.63, 3.8) is 0 Å². The van der Waals surface area contributed by atoms with E-state index in [0.717, 1.165) is 49.8 Å². The van der Waals surface area contributed by atoms with E-state index >= 15 is 0 Å². The summed E-state index contributed by atoms with van der Waals surface area (Å²) in [5.41, 5.74) is 2.83. The molecule has 0 saturated carbocycles. The molecule has 0 spiro atoms. The SMILES string of the molecule is CCN1CCN(c2ccc(NC(=O)CCCc3nnc4n(CC(C)C)c(=O)c5sccc5n34)cc2)CC1. The van der Waals surface area contributed by atoms with Crippen LogP contribution in [0.5, 0.6) is 0 Å². The van der Waals surface area contributed by atoms with Crippen molar-refractivity contribution in [2.45, 2.75) is 46.6 Å². The van der Waals surface area contributed by atoms with E-state index in [-0.39, 0.29) is 11.5 Å². The van der Waals surface area contributed by atoms with Gasteiger partial charge in [0.2, 0.25) is 11.7 Å². The molecule has 0 aliphatic carbocycles. The molecule has 1 aromatic carbocycles. The summed E-state index contributed by atoms with van der Waals surface area (Å²) in [4.78, 5) is 30.5. The third kappa shape index (κ3) is 5.40. The number of hydrogen-bond acceptors (Lipinski definition) is 7. The predicted molar refractivity (Wildman–Crippen MR) is 150 cm³/mol. The van der Waals surface area contributed by atoms with Gasteiger partial charge in [-0.15, -0.1) is 21.5 Å². The second kappa shape index (κ2) is 11.0. The summed E-state index contributed by atoms with van der Waals surface area (Å²) in [6.07, 6.45) is 1.62. The Bertz CT molecular complexity index is 1430. The zero-order valence-corrected chi connectivity index (χ0v) is 22.6. The van der Waals surface area contributed by atoms with E-state index in [2.05, 4.69) is 58.2 Å². The molecule has 0 atom stereocenters. The van der Waals surface area contributed by atoms with Crippen molar-refractivity contribution in [1.29, 1.82) is 0 Å². The molecule has 0 radical (unpaired) electrons. The fourth-order valence-corrected chi connectivity index (χ4v) is 5.80. The topological polar surface area (TPSA) is 87.8 Å². The lowest BCUT2D eigenvalue weighted by Gasteiger charge is -2.35. The first-order valence-corrected chi connectivity index (χ1v) is 14.0.